The van der Waals surface area contributed by atoms with Gasteiger partial charge in [-0.2, -0.15) is 0 Å². The molecule has 0 saturated heterocycles. The first-order valence-electron chi connectivity index (χ1n) is 13.9. The molecule has 12 heteroatoms. The molecular weight excluding hydrogens is 592 g/mol. The van der Waals surface area contributed by atoms with Crippen LogP contribution in [0.2, 0.25) is 5.02 Å². The number of ether oxygens (including phenoxy) is 5. The minimum atomic E-state index is -1.99. The van der Waals surface area contributed by atoms with Crippen molar-refractivity contribution in [3.05, 3.63) is 81.8 Å². The number of hydrogen-bond acceptors (Lipinski definition) is 10. The second-order valence-electron chi connectivity index (χ2n) is 10.7. The molecule has 1 amide bonds. The Morgan fingerprint density at radius 1 is 1.14 bits per heavy atom. The number of amides is 1. The molecule has 0 fully saturated rings. The number of nitrogens with zero attached hydrogens (tertiary/aromatic N) is 1. The Balaban J connectivity index is 1.45. The molecule has 11 nitrogen and oxygen atoms in total. The number of aliphatic hydroxyl groups is 1. The predicted octanol–water partition coefficient (Wildman–Crippen LogP) is 4.71. The average Bonchev–Trinajstić information content (AvgIpc) is 3.62. The molecule has 3 aromatic rings. The molecule has 3 aliphatic rings. The van der Waals surface area contributed by atoms with Crippen molar-refractivity contribution in [2.75, 3.05) is 21.0 Å². The molecule has 1 aliphatic carbocycles. The maximum absolute atomic E-state index is 14.2. The Labute approximate surface area is 257 Å². The van der Waals surface area contributed by atoms with Crippen molar-refractivity contribution in [3.63, 3.8) is 0 Å². The van der Waals surface area contributed by atoms with Gasteiger partial charge in [-0.1, -0.05) is 30.7 Å². The largest absolute Gasteiger partial charge is 0.507 e. The fraction of sp³-hybridized carbons (Fsp3) is 0.312. The first kappa shape index (κ1) is 29.3. The Kier molecular flexibility index (Phi) is 7.58. The molecule has 3 atom stereocenters. The van der Waals surface area contributed by atoms with Crippen LogP contribution in [0.25, 0.3) is 0 Å². The molecule has 1 spiro atoms. The number of fused-ring (bicyclic) bond motifs is 2. The van der Waals surface area contributed by atoms with Crippen molar-refractivity contribution in [1.29, 1.82) is 0 Å². The molecule has 1 aromatic heterocycles. The summed E-state index contributed by atoms with van der Waals surface area (Å²) in [6, 6.07) is 11.8. The number of hydrogen-bond donors (Lipinski definition) is 2. The summed E-state index contributed by atoms with van der Waals surface area (Å²) in [5.74, 6) is -2.54. The van der Waals surface area contributed by atoms with Gasteiger partial charge in [0.2, 0.25) is 24.1 Å². The summed E-state index contributed by atoms with van der Waals surface area (Å²) < 4.78 is 28.1. The number of ketones is 2. The Bertz CT molecular complexity index is 1710. The zero-order chi connectivity index (χ0) is 31.2. The maximum Gasteiger partial charge on any atom is 0.231 e. The van der Waals surface area contributed by atoms with Crippen LogP contribution in [-0.4, -0.2) is 54.2 Å². The van der Waals surface area contributed by atoms with E-state index in [1.54, 1.807) is 43.5 Å². The summed E-state index contributed by atoms with van der Waals surface area (Å²) in [5.41, 5.74) is -0.931. The number of rotatable bonds is 8. The Morgan fingerprint density at radius 3 is 2.64 bits per heavy atom. The predicted molar refractivity (Wildman–Crippen MR) is 157 cm³/mol. The Hall–Kier alpha value is -4.77. The minimum absolute atomic E-state index is 0.0206. The van der Waals surface area contributed by atoms with Gasteiger partial charge in [0, 0.05) is 42.5 Å². The molecule has 0 bridgehead atoms. The summed E-state index contributed by atoms with van der Waals surface area (Å²) >= 11 is 6.57. The molecular formula is C32H29ClN2O9. The molecule has 1 unspecified atom stereocenters. The third-order valence-electron chi connectivity index (χ3n) is 8.24. The highest BCUT2D eigenvalue weighted by Gasteiger charge is 2.61. The third-order valence-corrected chi connectivity index (χ3v) is 8.60. The van der Waals surface area contributed by atoms with Gasteiger partial charge in [0.15, 0.2) is 28.8 Å². The Morgan fingerprint density at radius 2 is 1.91 bits per heavy atom. The molecule has 3 heterocycles. The molecule has 2 aliphatic heterocycles. The van der Waals surface area contributed by atoms with Crippen LogP contribution in [0.1, 0.15) is 47.3 Å². The molecule has 228 valence electrons. The van der Waals surface area contributed by atoms with E-state index in [9.17, 15) is 19.5 Å². The number of aromatic nitrogens is 1. The van der Waals surface area contributed by atoms with Crippen molar-refractivity contribution in [3.8, 4) is 28.7 Å². The van der Waals surface area contributed by atoms with E-state index in [0.29, 0.717) is 22.8 Å². The van der Waals surface area contributed by atoms with Crippen LogP contribution < -0.4 is 29.0 Å². The fourth-order valence-electron chi connectivity index (χ4n) is 6.00. The van der Waals surface area contributed by atoms with Crippen LogP contribution in [0.15, 0.2) is 60.0 Å². The summed E-state index contributed by atoms with van der Waals surface area (Å²) in [5, 5.41) is 14.9. The SMILES string of the molecule is COc1cc(OC)c2c(c1Cl)O[C@]1(C2=O)C(O)=C(C(CC(=O)NCc2ccccn2)c2ccc3c(c2)OCO3)C(=O)C[C@H]1C. The van der Waals surface area contributed by atoms with Crippen molar-refractivity contribution < 1.29 is 43.2 Å². The zero-order valence-corrected chi connectivity index (χ0v) is 24.9. The molecule has 2 N–H and O–H groups in total. The van der Waals surface area contributed by atoms with Crippen molar-refractivity contribution in [2.24, 2.45) is 5.92 Å². The topological polar surface area (TPSA) is 143 Å². The van der Waals surface area contributed by atoms with Gasteiger partial charge >= 0.3 is 0 Å². The number of carbonyl (C=O) groups excluding carboxylic acids is 3. The standard InChI is InChI=1S/C32H29ClN2O9/c1-16-10-20(36)26(30(38)32(16)31(39)27-23(40-2)13-24(41-3)28(33)29(27)44-32)19(17-7-8-21-22(11-17)43-15-42-21)12-25(37)35-14-18-6-4-5-9-34-18/h4-9,11,13,16,19,38H,10,12,14-15H2,1-3H3,(H,35,37)/t16-,19?,32+/m1/s1. The number of nitrogens with one attached hydrogen (secondary N) is 1. The lowest BCUT2D eigenvalue weighted by Crippen LogP contribution is -2.53. The number of benzene rings is 2. The molecule has 6 rings (SSSR count). The highest BCUT2D eigenvalue weighted by molar-refractivity contribution is 6.35. The molecule has 2 aromatic carbocycles. The summed E-state index contributed by atoms with van der Waals surface area (Å²) in [4.78, 5) is 45.6. The summed E-state index contributed by atoms with van der Waals surface area (Å²) in [7, 11) is 2.79. The smallest absolute Gasteiger partial charge is 0.231 e. The lowest BCUT2D eigenvalue weighted by molar-refractivity contribution is -0.122. The van der Waals surface area contributed by atoms with Crippen LogP contribution in [0, 0.1) is 5.92 Å². The lowest BCUT2D eigenvalue weighted by Gasteiger charge is -2.38. The van der Waals surface area contributed by atoms with Gasteiger partial charge in [0.05, 0.1) is 26.5 Å². The number of halogens is 1. The van der Waals surface area contributed by atoms with Crippen molar-refractivity contribution >= 4 is 29.1 Å². The van der Waals surface area contributed by atoms with Crippen molar-refractivity contribution in [2.45, 2.75) is 37.8 Å². The fourth-order valence-corrected chi connectivity index (χ4v) is 6.27. The summed E-state index contributed by atoms with van der Waals surface area (Å²) in [6.07, 6.45) is 1.24. The van der Waals surface area contributed by atoms with Crippen LogP contribution >= 0.6 is 11.6 Å². The number of aliphatic hydroxyl groups excluding tert-OH is 1. The first-order valence-corrected chi connectivity index (χ1v) is 14.3. The number of allylic oxidation sites excluding steroid dienone is 1. The second-order valence-corrected chi connectivity index (χ2v) is 11.1. The number of Topliss-reactive ketones (excluding diaryl/α,β-unsaturated/α-hetero) is 2. The molecule has 0 saturated carbocycles. The average molecular weight is 621 g/mol. The van der Waals surface area contributed by atoms with E-state index in [1.165, 1.54) is 20.3 Å². The van der Waals surface area contributed by atoms with Gasteiger partial charge in [0.25, 0.3) is 0 Å². The van der Waals surface area contributed by atoms with Crippen LogP contribution in [0.4, 0.5) is 0 Å². The molecule has 0 radical (unpaired) electrons. The van der Waals surface area contributed by atoms with E-state index in [1.807, 2.05) is 6.07 Å². The van der Waals surface area contributed by atoms with Gasteiger partial charge in [0.1, 0.15) is 22.1 Å². The third kappa shape index (κ3) is 4.68. The van der Waals surface area contributed by atoms with E-state index < -0.39 is 40.7 Å². The highest BCUT2D eigenvalue weighted by atomic mass is 35.5. The van der Waals surface area contributed by atoms with E-state index in [0.717, 1.165) is 0 Å². The van der Waals surface area contributed by atoms with Crippen LogP contribution in [-0.2, 0) is 16.1 Å². The molecule has 44 heavy (non-hydrogen) atoms. The van der Waals surface area contributed by atoms with E-state index in [4.69, 9.17) is 35.3 Å². The van der Waals surface area contributed by atoms with Gasteiger partial charge < -0.3 is 34.1 Å². The van der Waals surface area contributed by atoms with Crippen LogP contribution in [0.5, 0.6) is 28.7 Å². The highest BCUT2D eigenvalue weighted by Crippen LogP contribution is 2.56. The van der Waals surface area contributed by atoms with Gasteiger partial charge in [-0.05, 0) is 29.8 Å². The monoisotopic (exact) mass is 620 g/mol. The van der Waals surface area contributed by atoms with Gasteiger partial charge in [-0.15, -0.1) is 0 Å². The number of pyridine rings is 1. The van der Waals surface area contributed by atoms with Crippen molar-refractivity contribution in [1.82, 2.24) is 10.3 Å². The number of carbonyl (C=O) groups is 3. The van der Waals surface area contributed by atoms with Gasteiger partial charge in [-0.3, -0.25) is 19.4 Å². The second kappa shape index (κ2) is 11.4. The zero-order valence-electron chi connectivity index (χ0n) is 24.1. The van der Waals surface area contributed by atoms with Gasteiger partial charge in [-0.25, -0.2) is 0 Å². The maximum atomic E-state index is 14.2. The minimum Gasteiger partial charge on any atom is -0.507 e. The summed E-state index contributed by atoms with van der Waals surface area (Å²) in [6.45, 7) is 1.82. The van der Waals surface area contributed by atoms with E-state index >= 15 is 0 Å². The quantitative estimate of drug-likeness (QED) is 0.364. The first-order chi connectivity index (χ1) is 21.2. The van der Waals surface area contributed by atoms with E-state index in [-0.39, 0.29) is 59.6 Å². The van der Waals surface area contributed by atoms with Crippen LogP contribution in [0.3, 0.4) is 0 Å². The van der Waals surface area contributed by atoms with E-state index in [2.05, 4.69) is 10.3 Å². The normalized spacial score (nSPS) is 20.8. The number of methoxy groups -OCH3 is 2. The lowest BCUT2D eigenvalue weighted by atomic mass is 9.69.